The number of hydrogen-bond acceptors (Lipinski definition) is 3. The minimum Gasteiger partial charge on any atom is -0.373 e. The van der Waals surface area contributed by atoms with Gasteiger partial charge < -0.3 is 10.2 Å². The van der Waals surface area contributed by atoms with Crippen molar-refractivity contribution in [2.24, 2.45) is 5.92 Å². The first-order chi connectivity index (χ1) is 10.1. The van der Waals surface area contributed by atoms with Crippen molar-refractivity contribution in [1.82, 2.24) is 9.88 Å². The van der Waals surface area contributed by atoms with Crippen molar-refractivity contribution in [3.05, 3.63) is 22.8 Å². The number of carbonyl (C=O) groups is 1. The summed E-state index contributed by atoms with van der Waals surface area (Å²) in [6, 6.07) is 3.67. The topological polar surface area (TPSA) is 45.2 Å². The van der Waals surface area contributed by atoms with Crippen LogP contribution in [0.5, 0.6) is 0 Å². The molecule has 21 heavy (non-hydrogen) atoms. The minimum atomic E-state index is 0.223. The molecule has 5 heteroatoms. The zero-order chi connectivity index (χ0) is 15.2. The van der Waals surface area contributed by atoms with Gasteiger partial charge in [-0.2, -0.15) is 0 Å². The summed E-state index contributed by atoms with van der Waals surface area (Å²) < 4.78 is 0. The Morgan fingerprint density at radius 3 is 2.95 bits per heavy atom. The van der Waals surface area contributed by atoms with Crippen LogP contribution in [-0.2, 0) is 11.3 Å². The molecule has 0 spiro atoms. The molecule has 1 amide bonds. The first-order valence-electron chi connectivity index (χ1n) is 7.75. The molecule has 1 unspecified atom stereocenters. The molecule has 0 aromatic carbocycles. The highest BCUT2D eigenvalue weighted by atomic mass is 35.5. The van der Waals surface area contributed by atoms with Crippen molar-refractivity contribution >= 4 is 23.3 Å². The summed E-state index contributed by atoms with van der Waals surface area (Å²) >= 11 is 6.21. The highest BCUT2D eigenvalue weighted by Gasteiger charge is 2.23. The molecule has 0 radical (unpaired) electrons. The number of nitrogens with zero attached hydrogens (tertiary/aromatic N) is 2. The molecule has 4 nitrogen and oxygen atoms in total. The van der Waals surface area contributed by atoms with E-state index in [2.05, 4.69) is 17.2 Å². The molecule has 0 bridgehead atoms. The van der Waals surface area contributed by atoms with Crippen LogP contribution < -0.4 is 5.32 Å². The monoisotopic (exact) mass is 309 g/mol. The van der Waals surface area contributed by atoms with Gasteiger partial charge in [0.25, 0.3) is 0 Å². The molecule has 2 rings (SSSR count). The van der Waals surface area contributed by atoms with Gasteiger partial charge in [-0.25, -0.2) is 4.98 Å². The Kier molecular flexibility index (Phi) is 5.85. The van der Waals surface area contributed by atoms with Gasteiger partial charge in [-0.15, -0.1) is 0 Å². The summed E-state index contributed by atoms with van der Waals surface area (Å²) in [4.78, 5) is 18.6. The molecule has 0 aliphatic carbocycles. The van der Waals surface area contributed by atoms with Gasteiger partial charge in [0.2, 0.25) is 5.91 Å². The van der Waals surface area contributed by atoms with E-state index in [4.69, 9.17) is 11.6 Å². The van der Waals surface area contributed by atoms with Crippen LogP contribution in [0.15, 0.2) is 12.1 Å². The minimum absolute atomic E-state index is 0.223. The third-order valence-electron chi connectivity index (χ3n) is 4.14. The van der Waals surface area contributed by atoms with Gasteiger partial charge in [-0.05, 0) is 30.9 Å². The van der Waals surface area contributed by atoms with E-state index in [1.165, 1.54) is 12.8 Å². The lowest BCUT2D eigenvalue weighted by atomic mass is 9.96. The van der Waals surface area contributed by atoms with Crippen molar-refractivity contribution in [2.45, 2.75) is 45.6 Å². The van der Waals surface area contributed by atoms with Crippen LogP contribution >= 0.6 is 11.6 Å². The number of amides is 1. The lowest BCUT2D eigenvalue weighted by molar-refractivity contribution is -0.131. The van der Waals surface area contributed by atoms with Gasteiger partial charge in [-0.3, -0.25) is 4.79 Å². The average Bonchev–Trinajstić information content (AvgIpc) is 2.65. The third-order valence-corrected chi connectivity index (χ3v) is 4.48. The van der Waals surface area contributed by atoms with Crippen LogP contribution in [-0.4, -0.2) is 29.4 Å². The Hall–Kier alpha value is -1.29. The third kappa shape index (κ3) is 4.34. The number of hydrogen-bond donors (Lipinski definition) is 1. The summed E-state index contributed by atoms with van der Waals surface area (Å²) in [5, 5.41) is 3.63. The van der Waals surface area contributed by atoms with Gasteiger partial charge in [0, 0.05) is 20.0 Å². The Morgan fingerprint density at radius 1 is 1.43 bits per heavy atom. The fourth-order valence-electron chi connectivity index (χ4n) is 2.87. The summed E-state index contributed by atoms with van der Waals surface area (Å²) in [6.07, 6.45) is 5.16. The number of rotatable bonds is 5. The molecule has 1 aliphatic rings. The van der Waals surface area contributed by atoms with Crippen LogP contribution in [0, 0.1) is 5.92 Å². The highest BCUT2D eigenvalue weighted by Crippen LogP contribution is 2.25. The second kappa shape index (κ2) is 7.64. The fourth-order valence-corrected chi connectivity index (χ4v) is 3.04. The number of carbonyl (C=O) groups excluding carboxylic acids is 1. The second-order valence-electron chi connectivity index (χ2n) is 5.67. The molecule has 1 saturated heterocycles. The number of halogens is 1. The van der Waals surface area contributed by atoms with E-state index in [-0.39, 0.29) is 5.91 Å². The summed E-state index contributed by atoms with van der Waals surface area (Å²) in [5.74, 6) is 1.68. The molecule has 1 atom stereocenters. The molecular formula is C16H24ClN3O. The molecule has 1 N–H and O–H groups in total. The van der Waals surface area contributed by atoms with Crippen molar-refractivity contribution < 1.29 is 4.79 Å². The molecule has 1 fully saturated rings. The van der Waals surface area contributed by atoms with Crippen LogP contribution in [0.2, 0.25) is 5.02 Å². The molecule has 1 aromatic heterocycles. The van der Waals surface area contributed by atoms with Crippen molar-refractivity contribution in [3.8, 4) is 0 Å². The smallest absolute Gasteiger partial charge is 0.222 e. The lowest BCUT2D eigenvalue weighted by Gasteiger charge is -2.21. The molecule has 1 aromatic rings. The number of likely N-dealkylation sites (tertiary alicyclic amines) is 1. The SMILES string of the molecule is CCCC1CCC(=O)N(Cc2nc(NC)ccc2Cl)CC1. The quantitative estimate of drug-likeness (QED) is 0.902. The second-order valence-corrected chi connectivity index (χ2v) is 6.08. The van der Waals surface area contributed by atoms with Crippen LogP contribution in [0.4, 0.5) is 5.82 Å². The van der Waals surface area contributed by atoms with Gasteiger partial charge in [0.05, 0.1) is 17.3 Å². The standard InChI is InChI=1S/C16H24ClN3O/c1-3-4-12-5-8-16(21)20(10-9-12)11-14-13(17)6-7-15(18-2)19-14/h6-7,12H,3-5,8-11H2,1-2H3,(H,18,19). The molecule has 2 heterocycles. The first-order valence-corrected chi connectivity index (χ1v) is 8.12. The molecule has 1 aliphatic heterocycles. The van der Waals surface area contributed by atoms with Crippen molar-refractivity contribution in [2.75, 3.05) is 18.9 Å². The number of pyridine rings is 1. The van der Waals surface area contributed by atoms with Crippen molar-refractivity contribution in [1.29, 1.82) is 0 Å². The normalized spacial score (nSPS) is 19.5. The number of nitrogens with one attached hydrogen (secondary N) is 1. The van der Waals surface area contributed by atoms with Gasteiger partial charge >= 0.3 is 0 Å². The van der Waals surface area contributed by atoms with E-state index in [9.17, 15) is 4.79 Å². The Morgan fingerprint density at radius 2 is 2.24 bits per heavy atom. The fraction of sp³-hybridized carbons (Fsp3) is 0.625. The van der Waals surface area contributed by atoms with Gasteiger partial charge in [0.15, 0.2) is 0 Å². The average molecular weight is 310 g/mol. The maximum Gasteiger partial charge on any atom is 0.222 e. The Bertz CT molecular complexity index is 492. The molecular weight excluding hydrogens is 286 g/mol. The van der Waals surface area contributed by atoms with E-state index < -0.39 is 0 Å². The zero-order valence-corrected chi connectivity index (χ0v) is 13.6. The largest absolute Gasteiger partial charge is 0.373 e. The number of anilines is 1. The molecule has 116 valence electrons. The predicted molar refractivity (Wildman–Crippen MR) is 86.5 cm³/mol. The summed E-state index contributed by atoms with van der Waals surface area (Å²) in [5.41, 5.74) is 0.769. The number of aromatic nitrogens is 1. The van der Waals surface area contributed by atoms with Crippen LogP contribution in [0.1, 0.15) is 44.7 Å². The Balaban J connectivity index is 2.06. The predicted octanol–water partition coefficient (Wildman–Crippen LogP) is 3.71. The van der Waals surface area contributed by atoms with E-state index in [0.29, 0.717) is 23.9 Å². The van der Waals surface area contributed by atoms with E-state index >= 15 is 0 Å². The van der Waals surface area contributed by atoms with Gasteiger partial charge in [-0.1, -0.05) is 31.4 Å². The summed E-state index contributed by atoms with van der Waals surface area (Å²) in [6.45, 7) is 3.52. The zero-order valence-electron chi connectivity index (χ0n) is 12.9. The summed E-state index contributed by atoms with van der Waals surface area (Å²) in [7, 11) is 1.83. The maximum atomic E-state index is 12.3. The first kappa shape index (κ1) is 16.1. The molecule has 0 saturated carbocycles. The van der Waals surface area contributed by atoms with Crippen LogP contribution in [0.3, 0.4) is 0 Å². The van der Waals surface area contributed by atoms with E-state index in [1.807, 2.05) is 24.1 Å². The van der Waals surface area contributed by atoms with E-state index in [1.54, 1.807) is 0 Å². The highest BCUT2D eigenvalue weighted by molar-refractivity contribution is 6.31. The van der Waals surface area contributed by atoms with Gasteiger partial charge in [0.1, 0.15) is 5.82 Å². The Labute approximate surface area is 131 Å². The van der Waals surface area contributed by atoms with Crippen LogP contribution in [0.25, 0.3) is 0 Å². The lowest BCUT2D eigenvalue weighted by Crippen LogP contribution is -2.30. The van der Waals surface area contributed by atoms with E-state index in [0.717, 1.165) is 30.9 Å². The van der Waals surface area contributed by atoms with Crippen molar-refractivity contribution in [3.63, 3.8) is 0 Å². The maximum absolute atomic E-state index is 12.3.